The quantitative estimate of drug-likeness (QED) is 0.632. The van der Waals surface area contributed by atoms with Gasteiger partial charge in [0, 0.05) is 16.7 Å². The smallest absolute Gasteiger partial charge is 0.167 e. The number of hydrogen-bond donors (Lipinski definition) is 3. The van der Waals surface area contributed by atoms with E-state index in [9.17, 15) is 10.2 Å². The first-order chi connectivity index (χ1) is 6.68. The Labute approximate surface area is 84.8 Å². The monoisotopic (exact) mass is 210 g/mol. The summed E-state index contributed by atoms with van der Waals surface area (Å²) < 4.78 is 0. The molecular formula is C9H7ClN2O2. The number of hydrogen-bond acceptors (Lipinski definition) is 3. The van der Waals surface area contributed by atoms with Gasteiger partial charge in [-0.1, -0.05) is 11.6 Å². The van der Waals surface area contributed by atoms with E-state index < -0.39 is 0 Å². The van der Waals surface area contributed by atoms with Crippen molar-refractivity contribution in [1.29, 1.82) is 0 Å². The lowest BCUT2D eigenvalue weighted by molar-refractivity contribution is 0.405. The lowest BCUT2D eigenvalue weighted by Gasteiger charge is -2.04. The molecule has 4 nitrogen and oxygen atoms in total. The average Bonchev–Trinajstić information content (AvgIpc) is 2.63. The van der Waals surface area contributed by atoms with Crippen molar-refractivity contribution >= 4 is 11.6 Å². The van der Waals surface area contributed by atoms with Gasteiger partial charge in [0.2, 0.25) is 0 Å². The highest BCUT2D eigenvalue weighted by Gasteiger charge is 2.11. The van der Waals surface area contributed by atoms with Gasteiger partial charge in [-0.3, -0.25) is 0 Å². The number of nitrogens with one attached hydrogen (secondary N) is 1. The molecule has 1 aromatic heterocycles. The van der Waals surface area contributed by atoms with Crippen LogP contribution in [-0.4, -0.2) is 20.2 Å². The van der Waals surface area contributed by atoms with E-state index in [4.69, 9.17) is 11.6 Å². The van der Waals surface area contributed by atoms with Crippen LogP contribution in [0.2, 0.25) is 5.02 Å². The average molecular weight is 211 g/mol. The molecule has 72 valence electrons. The molecule has 0 saturated carbocycles. The van der Waals surface area contributed by atoms with E-state index in [1.165, 1.54) is 18.6 Å². The van der Waals surface area contributed by atoms with Crippen LogP contribution in [0.1, 0.15) is 0 Å². The van der Waals surface area contributed by atoms with Crippen LogP contribution in [0.25, 0.3) is 11.3 Å². The Bertz CT molecular complexity index is 454. The predicted molar refractivity (Wildman–Crippen MR) is 52.4 cm³/mol. The van der Waals surface area contributed by atoms with Gasteiger partial charge in [0.25, 0.3) is 0 Å². The number of phenolic OH excluding ortho intramolecular Hbond substituents is 2. The van der Waals surface area contributed by atoms with Gasteiger partial charge in [-0.2, -0.15) is 0 Å². The standard InChI is InChI=1S/C9H7ClN2O2/c10-5-1-6(7-3-11-4-12-7)9(14)8(13)2-5/h1-4,13-14H,(H,11,12). The fraction of sp³-hybridized carbons (Fsp3) is 0. The van der Waals surface area contributed by atoms with Crippen molar-refractivity contribution in [3.63, 3.8) is 0 Å². The maximum atomic E-state index is 9.54. The Balaban J connectivity index is 2.64. The molecule has 2 rings (SSSR count). The molecule has 14 heavy (non-hydrogen) atoms. The Kier molecular flexibility index (Phi) is 2.05. The van der Waals surface area contributed by atoms with Crippen molar-refractivity contribution < 1.29 is 10.2 Å². The summed E-state index contributed by atoms with van der Waals surface area (Å²) in [7, 11) is 0. The van der Waals surface area contributed by atoms with E-state index in [0.717, 1.165) is 0 Å². The number of aromatic amines is 1. The second-order valence-corrected chi connectivity index (χ2v) is 3.22. The fourth-order valence-corrected chi connectivity index (χ4v) is 1.41. The number of rotatable bonds is 1. The van der Waals surface area contributed by atoms with Gasteiger partial charge in [-0.15, -0.1) is 0 Å². The van der Waals surface area contributed by atoms with E-state index >= 15 is 0 Å². The number of phenols is 2. The van der Waals surface area contributed by atoms with Crippen molar-refractivity contribution in [1.82, 2.24) is 9.97 Å². The summed E-state index contributed by atoms with van der Waals surface area (Å²) in [5, 5.41) is 19.2. The molecule has 0 aliphatic heterocycles. The fourth-order valence-electron chi connectivity index (χ4n) is 1.19. The molecular weight excluding hydrogens is 204 g/mol. The second-order valence-electron chi connectivity index (χ2n) is 2.79. The molecule has 5 heteroatoms. The molecule has 0 fully saturated rings. The van der Waals surface area contributed by atoms with Crippen LogP contribution in [0.5, 0.6) is 11.5 Å². The van der Waals surface area contributed by atoms with Gasteiger partial charge in [-0.05, 0) is 6.07 Å². The number of nitrogens with zero attached hydrogens (tertiary/aromatic N) is 1. The molecule has 0 aliphatic carbocycles. The van der Waals surface area contributed by atoms with Gasteiger partial charge in [0.15, 0.2) is 11.5 Å². The molecule has 0 amide bonds. The van der Waals surface area contributed by atoms with Gasteiger partial charge in [-0.25, -0.2) is 4.98 Å². The highest BCUT2D eigenvalue weighted by molar-refractivity contribution is 6.31. The summed E-state index contributed by atoms with van der Waals surface area (Å²) in [5.41, 5.74) is 1.02. The first-order valence-electron chi connectivity index (χ1n) is 3.88. The zero-order valence-corrected chi connectivity index (χ0v) is 7.78. The van der Waals surface area contributed by atoms with Gasteiger partial charge in [0.1, 0.15) is 0 Å². The summed E-state index contributed by atoms with van der Waals surface area (Å²) >= 11 is 5.73. The van der Waals surface area contributed by atoms with Crippen molar-refractivity contribution in [2.24, 2.45) is 0 Å². The SMILES string of the molecule is Oc1cc(Cl)cc(-c2cnc[nH]2)c1O. The van der Waals surface area contributed by atoms with Crippen LogP contribution in [0.3, 0.4) is 0 Å². The number of H-pyrrole nitrogens is 1. The molecule has 0 spiro atoms. The maximum absolute atomic E-state index is 9.54. The number of imidazole rings is 1. The summed E-state index contributed by atoms with van der Waals surface area (Å²) in [4.78, 5) is 6.62. The van der Waals surface area contributed by atoms with Crippen LogP contribution in [-0.2, 0) is 0 Å². The van der Waals surface area contributed by atoms with Crippen molar-refractivity contribution in [3.05, 3.63) is 29.7 Å². The normalized spacial score (nSPS) is 10.4. The summed E-state index contributed by atoms with van der Waals surface area (Å²) in [6, 6.07) is 2.82. The molecule has 0 radical (unpaired) electrons. The first kappa shape index (κ1) is 8.90. The summed E-state index contributed by atoms with van der Waals surface area (Å²) in [6.45, 7) is 0. The second kappa shape index (κ2) is 3.23. The minimum Gasteiger partial charge on any atom is -0.504 e. The Hall–Kier alpha value is -1.68. The van der Waals surface area contributed by atoms with Crippen LogP contribution in [0.4, 0.5) is 0 Å². The van der Waals surface area contributed by atoms with Crippen LogP contribution in [0, 0.1) is 0 Å². The predicted octanol–water partition coefficient (Wildman–Crippen LogP) is 2.14. The molecule has 1 heterocycles. The molecule has 1 aromatic carbocycles. The van der Waals surface area contributed by atoms with E-state index in [-0.39, 0.29) is 11.5 Å². The van der Waals surface area contributed by atoms with Crippen LogP contribution >= 0.6 is 11.6 Å². The summed E-state index contributed by atoms with van der Waals surface area (Å²) in [5.74, 6) is -0.458. The molecule has 0 saturated heterocycles. The largest absolute Gasteiger partial charge is 0.504 e. The summed E-state index contributed by atoms with van der Waals surface area (Å²) in [6.07, 6.45) is 3.01. The van der Waals surface area contributed by atoms with Crippen molar-refractivity contribution in [2.75, 3.05) is 0 Å². The van der Waals surface area contributed by atoms with E-state index in [1.807, 2.05) is 0 Å². The van der Waals surface area contributed by atoms with Crippen molar-refractivity contribution in [3.8, 4) is 22.8 Å². The number of aromatic nitrogens is 2. The Morgan fingerprint density at radius 2 is 2.07 bits per heavy atom. The third-order valence-electron chi connectivity index (χ3n) is 1.84. The van der Waals surface area contributed by atoms with Crippen LogP contribution in [0.15, 0.2) is 24.7 Å². The topological polar surface area (TPSA) is 69.1 Å². The zero-order valence-electron chi connectivity index (χ0n) is 7.03. The van der Waals surface area contributed by atoms with Crippen LogP contribution < -0.4 is 0 Å². The third kappa shape index (κ3) is 1.40. The highest BCUT2D eigenvalue weighted by atomic mass is 35.5. The number of benzene rings is 1. The minimum atomic E-state index is -0.248. The van der Waals surface area contributed by atoms with Crippen molar-refractivity contribution in [2.45, 2.75) is 0 Å². The third-order valence-corrected chi connectivity index (χ3v) is 2.06. The number of aromatic hydroxyl groups is 2. The zero-order chi connectivity index (χ0) is 10.1. The highest BCUT2D eigenvalue weighted by Crippen LogP contribution is 2.37. The van der Waals surface area contributed by atoms with Gasteiger partial charge >= 0.3 is 0 Å². The molecule has 3 N–H and O–H groups in total. The molecule has 0 unspecified atom stereocenters. The molecule has 0 atom stereocenters. The molecule has 0 bridgehead atoms. The Morgan fingerprint density at radius 3 is 2.71 bits per heavy atom. The first-order valence-corrected chi connectivity index (χ1v) is 4.26. The minimum absolute atomic E-state index is 0.210. The van der Waals surface area contributed by atoms with Gasteiger partial charge < -0.3 is 15.2 Å². The molecule has 0 aliphatic rings. The molecule has 2 aromatic rings. The lowest BCUT2D eigenvalue weighted by Crippen LogP contribution is -1.80. The lowest BCUT2D eigenvalue weighted by atomic mass is 10.1. The van der Waals surface area contributed by atoms with E-state index in [1.54, 1.807) is 6.07 Å². The van der Waals surface area contributed by atoms with Gasteiger partial charge in [0.05, 0.1) is 18.2 Å². The number of halogens is 1. The van der Waals surface area contributed by atoms with E-state index in [0.29, 0.717) is 16.3 Å². The van der Waals surface area contributed by atoms with E-state index in [2.05, 4.69) is 9.97 Å². The maximum Gasteiger partial charge on any atom is 0.167 e. The Morgan fingerprint density at radius 1 is 1.29 bits per heavy atom.